The average Bonchev–Trinajstić information content (AvgIpc) is 3.04. The molecule has 0 spiro atoms. The van der Waals surface area contributed by atoms with Gasteiger partial charge < -0.3 is 15.9 Å². The predicted molar refractivity (Wildman–Crippen MR) is 102 cm³/mol. The monoisotopic (exact) mass is 382 g/mol. The summed E-state index contributed by atoms with van der Waals surface area (Å²) in [6.07, 6.45) is 0. The van der Waals surface area contributed by atoms with E-state index in [9.17, 15) is 0 Å². The number of benzene rings is 2. The maximum Gasteiger partial charge on any atom is 0.232 e. The van der Waals surface area contributed by atoms with Crippen LogP contribution in [0.1, 0.15) is 11.4 Å². The zero-order chi connectivity index (χ0) is 18.8. The van der Waals surface area contributed by atoms with Gasteiger partial charge in [0.2, 0.25) is 11.9 Å². The molecule has 0 aliphatic carbocycles. The topological polar surface area (TPSA) is 117 Å². The molecule has 136 valence electrons. The van der Waals surface area contributed by atoms with E-state index in [0.717, 1.165) is 11.3 Å². The average molecular weight is 383 g/mol. The van der Waals surface area contributed by atoms with Gasteiger partial charge in [0.15, 0.2) is 12.4 Å². The molecule has 0 radical (unpaired) electrons. The van der Waals surface area contributed by atoms with E-state index in [0.29, 0.717) is 27.8 Å². The fourth-order valence-corrected chi connectivity index (χ4v) is 2.58. The second-order valence-corrected chi connectivity index (χ2v) is 6.23. The van der Waals surface area contributed by atoms with Crippen LogP contribution in [0.5, 0.6) is 0 Å². The Hall–Kier alpha value is -3.46. The molecule has 0 atom stereocenters. The van der Waals surface area contributed by atoms with Gasteiger partial charge in [0.25, 0.3) is 0 Å². The summed E-state index contributed by atoms with van der Waals surface area (Å²) in [5.74, 6) is 0.768. The van der Waals surface area contributed by atoms with Gasteiger partial charge in [-0.15, -0.1) is 5.10 Å². The number of hydrogen-bond acceptors (Lipinski definition) is 8. The lowest BCUT2D eigenvalue weighted by Crippen LogP contribution is -2.16. The van der Waals surface area contributed by atoms with E-state index in [2.05, 4.69) is 30.6 Å². The lowest BCUT2D eigenvalue weighted by molar-refractivity contribution is 0.0709. The van der Waals surface area contributed by atoms with Crippen LogP contribution < -0.4 is 15.9 Å². The molecule has 2 heterocycles. The number of anilines is 3. The van der Waals surface area contributed by atoms with Crippen molar-refractivity contribution in [2.24, 2.45) is 0 Å². The van der Waals surface area contributed by atoms with Crippen molar-refractivity contribution in [3.05, 3.63) is 58.9 Å². The van der Waals surface area contributed by atoms with E-state index in [1.54, 1.807) is 18.2 Å². The van der Waals surface area contributed by atoms with Crippen molar-refractivity contribution in [3.8, 4) is 0 Å². The molecule has 0 aliphatic heterocycles. The van der Waals surface area contributed by atoms with Gasteiger partial charge in [-0.2, -0.15) is 15.0 Å². The number of nitrogens with zero attached hydrogens (tertiary/aromatic N) is 6. The molecule has 4 aromatic rings. The van der Waals surface area contributed by atoms with Gasteiger partial charge in [0, 0.05) is 10.7 Å². The molecule has 0 bridgehead atoms. The van der Waals surface area contributed by atoms with Crippen LogP contribution in [0, 0.1) is 6.92 Å². The molecule has 0 fully saturated rings. The van der Waals surface area contributed by atoms with Gasteiger partial charge in [-0.05, 0) is 42.5 Å². The van der Waals surface area contributed by atoms with Crippen LogP contribution in [-0.4, -0.2) is 30.1 Å². The predicted octanol–water partition coefficient (Wildman–Crippen LogP) is 2.53. The molecule has 9 nitrogen and oxygen atoms in total. The summed E-state index contributed by atoms with van der Waals surface area (Å²) in [5, 5.41) is 11.6. The van der Waals surface area contributed by atoms with Gasteiger partial charge in [0.05, 0.1) is 0 Å². The third-order valence-corrected chi connectivity index (χ3v) is 3.93. The molecule has 0 aliphatic rings. The lowest BCUT2D eigenvalue weighted by Gasteiger charge is -2.08. The first-order valence-electron chi connectivity index (χ1n) is 8.05. The van der Waals surface area contributed by atoms with Crippen molar-refractivity contribution >= 4 is 40.2 Å². The minimum absolute atomic E-state index is 0.0280. The zero-order valence-corrected chi connectivity index (χ0v) is 15.1. The normalized spacial score (nSPS) is 10.9. The fourth-order valence-electron chi connectivity index (χ4n) is 2.41. The fraction of sp³-hybridized carbons (Fsp3) is 0.118. The van der Waals surface area contributed by atoms with Crippen LogP contribution in [0.4, 0.5) is 17.6 Å². The Bertz CT molecular complexity index is 1100. The van der Waals surface area contributed by atoms with Crippen LogP contribution >= 0.6 is 11.6 Å². The van der Waals surface area contributed by atoms with Crippen molar-refractivity contribution in [2.45, 2.75) is 13.5 Å². The molecule has 10 heteroatoms. The molecule has 27 heavy (non-hydrogen) atoms. The van der Waals surface area contributed by atoms with E-state index < -0.39 is 0 Å². The first-order chi connectivity index (χ1) is 13.1. The number of halogens is 1. The largest absolute Gasteiger partial charge is 0.387 e. The summed E-state index contributed by atoms with van der Waals surface area (Å²) < 4.78 is 0. The second kappa shape index (κ2) is 7.04. The Labute approximate surface area is 159 Å². The van der Waals surface area contributed by atoms with Crippen LogP contribution in [0.15, 0.2) is 42.5 Å². The molecular formula is C17H15ClN8O. The first-order valence-corrected chi connectivity index (χ1v) is 8.43. The summed E-state index contributed by atoms with van der Waals surface area (Å²) in [7, 11) is 0. The highest BCUT2D eigenvalue weighted by Crippen LogP contribution is 2.17. The molecular weight excluding hydrogens is 368 g/mol. The number of rotatable bonds is 5. The van der Waals surface area contributed by atoms with Crippen LogP contribution in [-0.2, 0) is 6.61 Å². The van der Waals surface area contributed by atoms with E-state index in [1.807, 2.05) is 31.2 Å². The summed E-state index contributed by atoms with van der Waals surface area (Å²) in [6, 6.07) is 13.0. The second-order valence-electron chi connectivity index (χ2n) is 5.79. The van der Waals surface area contributed by atoms with Crippen molar-refractivity contribution in [1.29, 1.82) is 0 Å². The summed E-state index contributed by atoms with van der Waals surface area (Å²) in [5.41, 5.74) is 9.09. The molecule has 0 saturated heterocycles. The Morgan fingerprint density at radius 2 is 1.93 bits per heavy atom. The van der Waals surface area contributed by atoms with E-state index in [4.69, 9.17) is 22.2 Å². The Kier molecular flexibility index (Phi) is 4.43. The smallest absolute Gasteiger partial charge is 0.232 e. The lowest BCUT2D eigenvalue weighted by atomic mass is 10.2. The summed E-state index contributed by atoms with van der Waals surface area (Å²) in [6.45, 7) is 2.04. The summed E-state index contributed by atoms with van der Waals surface area (Å²) in [4.78, 5) is 19.4. The number of aryl methyl sites for hydroxylation is 1. The minimum Gasteiger partial charge on any atom is -0.387 e. The third kappa shape index (κ3) is 3.87. The van der Waals surface area contributed by atoms with Crippen LogP contribution in [0.25, 0.3) is 11.0 Å². The van der Waals surface area contributed by atoms with Gasteiger partial charge in [-0.1, -0.05) is 34.1 Å². The minimum atomic E-state index is 0.0280. The molecule has 2 aromatic heterocycles. The Balaban J connectivity index is 1.52. The molecule has 2 aromatic carbocycles. The number of nitrogen functional groups attached to an aromatic ring is 1. The zero-order valence-electron chi connectivity index (χ0n) is 14.3. The van der Waals surface area contributed by atoms with Gasteiger partial charge in [-0.25, -0.2) is 0 Å². The number of nitrogens with one attached hydrogen (secondary N) is 1. The van der Waals surface area contributed by atoms with E-state index >= 15 is 0 Å². The van der Waals surface area contributed by atoms with E-state index in [-0.39, 0.29) is 12.6 Å². The number of hydrogen-bond donors (Lipinski definition) is 2. The number of aromatic nitrogens is 6. The van der Waals surface area contributed by atoms with E-state index in [1.165, 1.54) is 4.85 Å². The SMILES string of the molecule is Cc1ccc(Nc2nc(N)nc(COn3nnc4ccc(Cl)cc43)n2)cc1. The van der Waals surface area contributed by atoms with Crippen molar-refractivity contribution in [2.75, 3.05) is 11.1 Å². The summed E-state index contributed by atoms with van der Waals surface area (Å²) >= 11 is 6.01. The maximum atomic E-state index is 6.01. The van der Waals surface area contributed by atoms with Crippen molar-refractivity contribution in [3.63, 3.8) is 0 Å². The van der Waals surface area contributed by atoms with Gasteiger partial charge in [0.1, 0.15) is 11.0 Å². The van der Waals surface area contributed by atoms with Crippen LogP contribution in [0.3, 0.4) is 0 Å². The van der Waals surface area contributed by atoms with Crippen LogP contribution in [0.2, 0.25) is 5.02 Å². The number of nitrogens with two attached hydrogens (primary N) is 1. The highest BCUT2D eigenvalue weighted by Gasteiger charge is 2.09. The number of fused-ring (bicyclic) bond motifs is 1. The maximum absolute atomic E-state index is 6.01. The molecule has 0 saturated carbocycles. The highest BCUT2D eigenvalue weighted by atomic mass is 35.5. The molecule has 0 unspecified atom stereocenters. The molecule has 4 rings (SSSR count). The highest BCUT2D eigenvalue weighted by molar-refractivity contribution is 6.31. The van der Waals surface area contributed by atoms with Gasteiger partial charge >= 0.3 is 0 Å². The Morgan fingerprint density at radius 3 is 2.74 bits per heavy atom. The quantitative estimate of drug-likeness (QED) is 0.540. The molecule has 3 N–H and O–H groups in total. The van der Waals surface area contributed by atoms with Gasteiger partial charge in [-0.3, -0.25) is 0 Å². The third-order valence-electron chi connectivity index (χ3n) is 3.70. The first kappa shape index (κ1) is 17.0. The molecule has 0 amide bonds. The van der Waals surface area contributed by atoms with Crippen molar-refractivity contribution in [1.82, 2.24) is 30.1 Å². The Morgan fingerprint density at radius 1 is 1.11 bits per heavy atom. The van der Waals surface area contributed by atoms with Crippen molar-refractivity contribution < 1.29 is 4.84 Å². The standard InChI is InChI=1S/C17H15ClN8O/c1-10-2-5-12(6-3-10)20-17-22-15(21-16(19)23-17)9-27-26-14-8-11(18)4-7-13(14)24-25-26/h2-8H,9H2,1H3,(H3,19,20,21,22,23).